The third-order valence-corrected chi connectivity index (χ3v) is 5.63. The van der Waals surface area contributed by atoms with Crippen LogP contribution in [0.1, 0.15) is 22.3 Å². The molecule has 1 saturated heterocycles. The summed E-state index contributed by atoms with van der Waals surface area (Å²) in [6, 6.07) is 17.3. The molecule has 4 rings (SSSR count). The average Bonchev–Trinajstić information content (AvgIpc) is 3.39. The van der Waals surface area contributed by atoms with Crippen LogP contribution in [0.5, 0.6) is 0 Å². The summed E-state index contributed by atoms with van der Waals surface area (Å²) < 4.78 is 39.5. The number of aromatic nitrogens is 2. The van der Waals surface area contributed by atoms with Gasteiger partial charge in [-0.2, -0.15) is 18.3 Å². The van der Waals surface area contributed by atoms with Crippen LogP contribution in [0.25, 0.3) is 16.9 Å². The number of carbonyl (C=O) groups is 1. The van der Waals surface area contributed by atoms with Crippen molar-refractivity contribution in [2.24, 2.45) is 5.92 Å². The number of alkyl halides is 3. The minimum atomic E-state index is -4.20. The first kappa shape index (κ1) is 22.1. The van der Waals surface area contributed by atoms with Gasteiger partial charge in [0.15, 0.2) is 0 Å². The number of nitrogens with zero attached hydrogens (tertiary/aromatic N) is 3. The number of hydrogen-bond acceptors (Lipinski definition) is 3. The lowest BCUT2D eigenvalue weighted by Crippen LogP contribution is -2.34. The Morgan fingerprint density at radius 2 is 1.84 bits per heavy atom. The smallest absolute Gasteiger partial charge is 0.352 e. The van der Waals surface area contributed by atoms with E-state index < -0.39 is 12.7 Å². The van der Waals surface area contributed by atoms with Crippen LogP contribution < -0.4 is 5.32 Å². The standard InChI is InChI=1S/C24H25F3N4O/c1-17-7-9-20(10-8-17)31-15-21(22(29-31)19-5-3-2-4-6-19)23(32)28-13-18-11-12-30(14-18)16-24(25,26)27/h2-10,15,18H,11-14,16H2,1H3,(H,28,32). The maximum Gasteiger partial charge on any atom is 0.401 e. The van der Waals surface area contributed by atoms with Crippen molar-refractivity contribution in [3.05, 3.63) is 71.9 Å². The molecule has 2 aromatic carbocycles. The number of halogens is 3. The van der Waals surface area contributed by atoms with Crippen LogP contribution in [0.3, 0.4) is 0 Å². The second-order valence-corrected chi connectivity index (χ2v) is 8.25. The molecule has 168 valence electrons. The summed E-state index contributed by atoms with van der Waals surface area (Å²) in [5.74, 6) is -0.287. The minimum absolute atomic E-state index is 0.00591. The predicted molar refractivity (Wildman–Crippen MR) is 117 cm³/mol. The molecule has 32 heavy (non-hydrogen) atoms. The quantitative estimate of drug-likeness (QED) is 0.613. The van der Waals surface area contributed by atoms with E-state index >= 15 is 0 Å². The van der Waals surface area contributed by atoms with Crippen LogP contribution >= 0.6 is 0 Å². The largest absolute Gasteiger partial charge is 0.401 e. The molecule has 1 aliphatic rings. The zero-order valence-corrected chi connectivity index (χ0v) is 17.8. The lowest BCUT2D eigenvalue weighted by Gasteiger charge is -2.18. The topological polar surface area (TPSA) is 50.2 Å². The van der Waals surface area contributed by atoms with E-state index in [4.69, 9.17) is 0 Å². The lowest BCUT2D eigenvalue weighted by atomic mass is 10.1. The summed E-state index contributed by atoms with van der Waals surface area (Å²) >= 11 is 0. The Morgan fingerprint density at radius 1 is 1.12 bits per heavy atom. The van der Waals surface area contributed by atoms with Crippen LogP contribution in [-0.2, 0) is 0 Å². The highest BCUT2D eigenvalue weighted by Crippen LogP contribution is 2.25. The van der Waals surface area contributed by atoms with E-state index in [2.05, 4.69) is 10.4 Å². The molecule has 3 aromatic rings. The summed E-state index contributed by atoms with van der Waals surface area (Å²) in [5.41, 5.74) is 3.78. The van der Waals surface area contributed by atoms with Gasteiger partial charge in [0, 0.05) is 24.8 Å². The van der Waals surface area contributed by atoms with Crippen LogP contribution in [0.15, 0.2) is 60.8 Å². The first-order valence-corrected chi connectivity index (χ1v) is 10.6. The molecule has 1 amide bonds. The number of nitrogens with one attached hydrogen (secondary N) is 1. The molecule has 1 aliphatic heterocycles. The molecule has 2 heterocycles. The van der Waals surface area contributed by atoms with Gasteiger partial charge in [-0.1, -0.05) is 48.0 Å². The molecule has 1 N–H and O–H groups in total. The molecule has 1 atom stereocenters. The van der Waals surface area contributed by atoms with Crippen LogP contribution in [0.2, 0.25) is 0 Å². The van der Waals surface area contributed by atoms with Crippen molar-refractivity contribution in [2.45, 2.75) is 19.5 Å². The number of likely N-dealkylation sites (tertiary alicyclic amines) is 1. The van der Waals surface area contributed by atoms with E-state index in [1.54, 1.807) is 10.9 Å². The maximum atomic E-state index is 13.0. The van der Waals surface area contributed by atoms with Gasteiger partial charge in [0.25, 0.3) is 5.91 Å². The third kappa shape index (κ3) is 5.37. The molecule has 0 spiro atoms. The zero-order valence-electron chi connectivity index (χ0n) is 17.8. The highest BCUT2D eigenvalue weighted by Gasteiger charge is 2.34. The Labute approximate surface area is 184 Å². The van der Waals surface area contributed by atoms with Crippen LogP contribution in [0, 0.1) is 12.8 Å². The van der Waals surface area contributed by atoms with Crippen molar-refractivity contribution in [3.8, 4) is 16.9 Å². The number of aryl methyl sites for hydroxylation is 1. The van der Waals surface area contributed by atoms with Crippen molar-refractivity contribution in [3.63, 3.8) is 0 Å². The molecular formula is C24H25F3N4O. The van der Waals surface area contributed by atoms with Crippen LogP contribution in [0.4, 0.5) is 13.2 Å². The summed E-state index contributed by atoms with van der Waals surface area (Å²) in [6.45, 7) is 2.14. The number of hydrogen-bond donors (Lipinski definition) is 1. The van der Waals surface area contributed by atoms with Crippen molar-refractivity contribution in [1.82, 2.24) is 20.0 Å². The zero-order chi connectivity index (χ0) is 22.7. The van der Waals surface area contributed by atoms with E-state index in [1.165, 1.54) is 4.90 Å². The van der Waals surface area contributed by atoms with E-state index in [-0.39, 0.29) is 11.8 Å². The molecule has 0 saturated carbocycles. The third-order valence-electron chi connectivity index (χ3n) is 5.63. The number of carbonyl (C=O) groups excluding carboxylic acids is 1. The molecular weight excluding hydrogens is 417 g/mol. The highest BCUT2D eigenvalue weighted by atomic mass is 19.4. The van der Waals surface area contributed by atoms with Gasteiger partial charge in [0.1, 0.15) is 5.69 Å². The van der Waals surface area contributed by atoms with Gasteiger partial charge >= 0.3 is 6.18 Å². The number of rotatable bonds is 6. The summed E-state index contributed by atoms with van der Waals surface area (Å²) in [4.78, 5) is 14.4. The first-order chi connectivity index (χ1) is 15.3. The van der Waals surface area contributed by atoms with Crippen molar-refractivity contribution in [1.29, 1.82) is 0 Å². The molecule has 0 radical (unpaired) electrons. The van der Waals surface area contributed by atoms with Gasteiger partial charge in [0.2, 0.25) is 0 Å². The van der Waals surface area contributed by atoms with Crippen LogP contribution in [-0.4, -0.2) is 52.9 Å². The summed E-state index contributed by atoms with van der Waals surface area (Å²) in [7, 11) is 0. The van der Waals surface area contributed by atoms with Gasteiger partial charge in [-0.15, -0.1) is 0 Å². The maximum absolute atomic E-state index is 13.0. The fourth-order valence-corrected chi connectivity index (χ4v) is 3.99. The summed E-state index contributed by atoms with van der Waals surface area (Å²) in [6.07, 6.45) is -1.87. The molecule has 8 heteroatoms. The molecule has 5 nitrogen and oxygen atoms in total. The Morgan fingerprint density at radius 3 is 2.53 bits per heavy atom. The van der Waals surface area contributed by atoms with Gasteiger partial charge in [-0.25, -0.2) is 4.68 Å². The summed E-state index contributed by atoms with van der Waals surface area (Å²) in [5, 5.41) is 7.56. The Balaban J connectivity index is 1.50. The van der Waals surface area contributed by atoms with Crippen molar-refractivity contribution < 1.29 is 18.0 Å². The normalized spacial score (nSPS) is 16.9. The van der Waals surface area contributed by atoms with E-state index in [9.17, 15) is 18.0 Å². The minimum Gasteiger partial charge on any atom is -0.352 e. The van der Waals surface area contributed by atoms with E-state index in [1.807, 2.05) is 61.5 Å². The molecule has 1 fully saturated rings. The van der Waals surface area contributed by atoms with Gasteiger partial charge < -0.3 is 5.32 Å². The monoisotopic (exact) mass is 442 g/mol. The number of amides is 1. The lowest BCUT2D eigenvalue weighted by molar-refractivity contribution is -0.143. The molecule has 1 aromatic heterocycles. The van der Waals surface area contributed by atoms with Gasteiger partial charge in [-0.05, 0) is 37.9 Å². The van der Waals surface area contributed by atoms with Crippen molar-refractivity contribution >= 4 is 5.91 Å². The fourth-order valence-electron chi connectivity index (χ4n) is 3.99. The second kappa shape index (κ2) is 9.16. The molecule has 0 bridgehead atoms. The Hall–Kier alpha value is -3.13. The second-order valence-electron chi connectivity index (χ2n) is 8.25. The SMILES string of the molecule is Cc1ccc(-n2cc(C(=O)NCC3CCN(CC(F)(F)F)C3)c(-c3ccccc3)n2)cc1. The average molecular weight is 442 g/mol. The highest BCUT2D eigenvalue weighted by molar-refractivity contribution is 5.99. The van der Waals surface area contributed by atoms with Crippen molar-refractivity contribution in [2.75, 3.05) is 26.2 Å². The molecule has 0 aliphatic carbocycles. The van der Waals surface area contributed by atoms with Gasteiger partial charge in [-0.3, -0.25) is 9.69 Å². The first-order valence-electron chi connectivity index (χ1n) is 10.6. The molecule has 1 unspecified atom stereocenters. The van der Waals surface area contributed by atoms with E-state index in [0.29, 0.717) is 37.3 Å². The predicted octanol–water partition coefficient (Wildman–Crippen LogP) is 4.46. The Bertz CT molecular complexity index is 1060. The Kier molecular flexibility index (Phi) is 6.32. The number of benzene rings is 2. The van der Waals surface area contributed by atoms with Gasteiger partial charge in [0.05, 0.1) is 17.8 Å². The van der Waals surface area contributed by atoms with E-state index in [0.717, 1.165) is 16.8 Å². The fraction of sp³-hybridized carbons (Fsp3) is 0.333.